The molecule has 0 radical (unpaired) electrons. The Morgan fingerprint density at radius 3 is 2.56 bits per heavy atom. The van der Waals surface area contributed by atoms with Crippen LogP contribution in [0, 0.1) is 17.5 Å². The highest BCUT2D eigenvalue weighted by Gasteiger charge is 2.33. The molecular formula is C15H10ClF3N6OS. The van der Waals surface area contributed by atoms with Crippen molar-refractivity contribution in [3.8, 4) is 10.8 Å². The lowest BCUT2D eigenvalue weighted by atomic mass is 10.1. The van der Waals surface area contributed by atoms with Crippen LogP contribution in [-0.2, 0) is 6.54 Å². The summed E-state index contributed by atoms with van der Waals surface area (Å²) in [6.07, 6.45) is 0. The number of halogens is 4. The molecule has 12 heteroatoms. The van der Waals surface area contributed by atoms with Crippen molar-refractivity contribution in [3.63, 3.8) is 0 Å². The van der Waals surface area contributed by atoms with E-state index in [4.69, 9.17) is 11.6 Å². The molecule has 0 N–H and O–H groups in total. The fourth-order valence-electron chi connectivity index (χ4n) is 2.96. The largest absolute Gasteiger partial charge is 0.327 e. The Balaban J connectivity index is 1.65. The molecule has 0 aliphatic carbocycles. The Bertz CT molecular complexity index is 1030. The van der Waals surface area contributed by atoms with Crippen LogP contribution < -0.4 is 0 Å². The van der Waals surface area contributed by atoms with Gasteiger partial charge in [-0.2, -0.15) is 4.37 Å². The van der Waals surface area contributed by atoms with E-state index in [9.17, 15) is 18.0 Å². The van der Waals surface area contributed by atoms with Gasteiger partial charge in [-0.15, -0.1) is 10.2 Å². The predicted octanol–water partition coefficient (Wildman–Crippen LogP) is 3.08. The first-order valence-electron chi connectivity index (χ1n) is 7.75. The van der Waals surface area contributed by atoms with E-state index in [1.54, 1.807) is 11.5 Å². The van der Waals surface area contributed by atoms with Gasteiger partial charge in [0.2, 0.25) is 5.28 Å². The summed E-state index contributed by atoms with van der Waals surface area (Å²) in [6, 6.07) is 0.843. The molecule has 1 amide bonds. The normalized spacial score (nSPS) is 16.5. The van der Waals surface area contributed by atoms with Crippen molar-refractivity contribution in [3.05, 3.63) is 46.3 Å². The third kappa shape index (κ3) is 2.96. The Hall–Kier alpha value is -2.53. The zero-order valence-electron chi connectivity index (χ0n) is 13.7. The molecule has 1 aliphatic rings. The van der Waals surface area contributed by atoms with Gasteiger partial charge in [0.1, 0.15) is 0 Å². The van der Waals surface area contributed by atoms with Crippen molar-refractivity contribution < 1.29 is 18.0 Å². The van der Waals surface area contributed by atoms with Gasteiger partial charge in [-0.25, -0.2) is 18.2 Å². The fraction of sp³-hybridized carbons (Fsp3) is 0.267. The van der Waals surface area contributed by atoms with Gasteiger partial charge in [0.25, 0.3) is 5.91 Å². The van der Waals surface area contributed by atoms with E-state index in [-0.39, 0.29) is 17.4 Å². The Morgan fingerprint density at radius 1 is 1.22 bits per heavy atom. The van der Waals surface area contributed by atoms with Gasteiger partial charge in [-0.1, -0.05) is 0 Å². The van der Waals surface area contributed by atoms with Crippen molar-refractivity contribution in [2.24, 2.45) is 0 Å². The summed E-state index contributed by atoms with van der Waals surface area (Å²) in [6.45, 7) is 2.30. The Morgan fingerprint density at radius 2 is 1.93 bits per heavy atom. The van der Waals surface area contributed by atoms with E-state index < -0.39 is 29.4 Å². The van der Waals surface area contributed by atoms with Gasteiger partial charge < -0.3 is 9.47 Å². The Kier molecular flexibility index (Phi) is 4.35. The number of hydrogen-bond donors (Lipinski definition) is 0. The molecule has 27 heavy (non-hydrogen) atoms. The van der Waals surface area contributed by atoms with Gasteiger partial charge in [-0.05, 0) is 42.2 Å². The molecule has 3 heterocycles. The summed E-state index contributed by atoms with van der Waals surface area (Å²) in [7, 11) is 0. The second-order valence-electron chi connectivity index (χ2n) is 5.83. The standard InChI is InChI=1S/C15H10ClF3N6OS/c1-6-11-21-22-12(13-20-15(16)23-27-13)25(11)3-2-24(6)14(26)7-4-8(17)10(19)9(18)5-7/h4-6H,2-3H2,1H3/t6-/m1/s1. The molecule has 0 saturated carbocycles. The van der Waals surface area contributed by atoms with Gasteiger partial charge in [0, 0.05) is 18.7 Å². The summed E-state index contributed by atoms with van der Waals surface area (Å²) in [5.41, 5.74) is -0.276. The summed E-state index contributed by atoms with van der Waals surface area (Å²) in [5, 5.41) is 8.80. The van der Waals surface area contributed by atoms with E-state index >= 15 is 0 Å². The van der Waals surface area contributed by atoms with Crippen molar-refractivity contribution in [1.29, 1.82) is 0 Å². The predicted molar refractivity (Wildman–Crippen MR) is 89.7 cm³/mol. The van der Waals surface area contributed by atoms with Crippen LogP contribution in [0.25, 0.3) is 10.8 Å². The van der Waals surface area contributed by atoms with Crippen molar-refractivity contribution in [2.75, 3.05) is 6.54 Å². The van der Waals surface area contributed by atoms with E-state index in [1.165, 1.54) is 4.90 Å². The summed E-state index contributed by atoms with van der Waals surface area (Å²) >= 11 is 6.82. The molecule has 0 saturated heterocycles. The molecule has 7 nitrogen and oxygen atoms in total. The zero-order valence-corrected chi connectivity index (χ0v) is 15.2. The molecule has 0 bridgehead atoms. The van der Waals surface area contributed by atoms with E-state index in [0.717, 1.165) is 11.5 Å². The van der Waals surface area contributed by atoms with Crippen molar-refractivity contribution in [1.82, 2.24) is 29.0 Å². The first-order valence-corrected chi connectivity index (χ1v) is 8.90. The van der Waals surface area contributed by atoms with Crippen molar-refractivity contribution in [2.45, 2.75) is 19.5 Å². The average molecular weight is 415 g/mol. The highest BCUT2D eigenvalue weighted by Crippen LogP contribution is 2.30. The molecule has 140 valence electrons. The van der Waals surface area contributed by atoms with Crippen LogP contribution in [0.2, 0.25) is 5.28 Å². The van der Waals surface area contributed by atoms with Crippen LogP contribution in [0.3, 0.4) is 0 Å². The lowest BCUT2D eigenvalue weighted by Crippen LogP contribution is -2.41. The maximum Gasteiger partial charge on any atom is 0.254 e. The third-order valence-electron chi connectivity index (χ3n) is 4.27. The minimum absolute atomic E-state index is 0.105. The van der Waals surface area contributed by atoms with Crippen LogP contribution in [0.1, 0.15) is 29.1 Å². The number of hydrogen-bond acceptors (Lipinski definition) is 6. The highest BCUT2D eigenvalue weighted by atomic mass is 35.5. The van der Waals surface area contributed by atoms with Gasteiger partial charge in [0.15, 0.2) is 34.1 Å². The lowest BCUT2D eigenvalue weighted by molar-refractivity contribution is 0.0637. The quantitative estimate of drug-likeness (QED) is 0.602. The molecule has 1 aromatic carbocycles. The first kappa shape index (κ1) is 17.9. The molecule has 0 fully saturated rings. The minimum Gasteiger partial charge on any atom is -0.327 e. The number of fused-ring (bicyclic) bond motifs is 1. The molecule has 1 atom stereocenters. The molecular weight excluding hydrogens is 405 g/mol. The van der Waals surface area contributed by atoms with E-state index in [1.807, 2.05) is 0 Å². The van der Waals surface area contributed by atoms with Gasteiger partial charge in [0.05, 0.1) is 6.04 Å². The highest BCUT2D eigenvalue weighted by molar-refractivity contribution is 7.09. The lowest BCUT2D eigenvalue weighted by Gasteiger charge is -2.33. The molecule has 3 aromatic rings. The average Bonchev–Trinajstić information content (AvgIpc) is 3.25. The Labute approximate surface area is 159 Å². The minimum atomic E-state index is -1.61. The maximum absolute atomic E-state index is 13.5. The second kappa shape index (κ2) is 6.57. The molecule has 1 aliphatic heterocycles. The van der Waals surface area contributed by atoms with Crippen LogP contribution in [0.4, 0.5) is 13.2 Å². The topological polar surface area (TPSA) is 76.8 Å². The first-order chi connectivity index (χ1) is 12.9. The van der Waals surface area contributed by atoms with Gasteiger partial charge in [-0.3, -0.25) is 4.79 Å². The van der Waals surface area contributed by atoms with E-state index in [2.05, 4.69) is 19.6 Å². The fourth-order valence-corrected chi connectivity index (χ4v) is 3.76. The second-order valence-corrected chi connectivity index (χ2v) is 6.92. The number of amides is 1. The summed E-state index contributed by atoms with van der Waals surface area (Å²) < 4.78 is 45.7. The number of carbonyl (C=O) groups excluding carboxylic acids is 1. The number of benzene rings is 1. The van der Waals surface area contributed by atoms with Crippen LogP contribution in [0.5, 0.6) is 0 Å². The van der Waals surface area contributed by atoms with E-state index in [0.29, 0.717) is 35.3 Å². The summed E-state index contributed by atoms with van der Waals surface area (Å²) in [4.78, 5) is 18.2. The monoisotopic (exact) mass is 414 g/mol. The number of aromatic nitrogens is 5. The maximum atomic E-state index is 13.5. The SMILES string of the molecule is C[C@@H]1c2nnc(-c3nc(Cl)ns3)n2CCN1C(=O)c1cc(F)c(F)c(F)c1. The number of rotatable bonds is 2. The van der Waals surface area contributed by atoms with Crippen LogP contribution in [0.15, 0.2) is 12.1 Å². The number of nitrogens with zero attached hydrogens (tertiary/aromatic N) is 6. The smallest absolute Gasteiger partial charge is 0.254 e. The number of carbonyl (C=O) groups is 1. The molecule has 4 rings (SSSR count). The third-order valence-corrected chi connectivity index (χ3v) is 5.25. The molecule has 0 unspecified atom stereocenters. The van der Waals surface area contributed by atoms with Crippen LogP contribution in [-0.4, -0.2) is 41.5 Å². The zero-order chi connectivity index (χ0) is 19.3. The van der Waals surface area contributed by atoms with Crippen molar-refractivity contribution >= 4 is 29.0 Å². The molecule has 0 spiro atoms. The van der Waals surface area contributed by atoms with Gasteiger partial charge >= 0.3 is 0 Å². The van der Waals surface area contributed by atoms with Crippen LogP contribution >= 0.6 is 23.1 Å². The molecule has 2 aromatic heterocycles. The summed E-state index contributed by atoms with van der Waals surface area (Å²) in [5.74, 6) is -4.11.